The number of rotatable bonds is 4. The van der Waals surface area contributed by atoms with Gasteiger partial charge in [-0.1, -0.05) is 12.1 Å². The van der Waals surface area contributed by atoms with Crippen LogP contribution in [0.1, 0.15) is 34.6 Å². The monoisotopic (exact) mass is 275 g/mol. The highest BCUT2D eigenvalue weighted by Crippen LogP contribution is 2.25. The van der Waals surface area contributed by atoms with Crippen LogP contribution in [0.4, 0.5) is 0 Å². The minimum absolute atomic E-state index is 0.0613. The summed E-state index contributed by atoms with van der Waals surface area (Å²) in [4.78, 5) is 48.6. The van der Waals surface area contributed by atoms with Crippen LogP contribution in [0.3, 0.4) is 0 Å². The minimum atomic E-state index is -1.53. The molecular formula is C14H13NO5. The van der Waals surface area contributed by atoms with Gasteiger partial charge < -0.3 is 4.74 Å². The maximum absolute atomic E-state index is 12.2. The first-order chi connectivity index (χ1) is 9.49. The number of carbonyl (C=O) groups excluding carboxylic acids is 4. The van der Waals surface area contributed by atoms with Gasteiger partial charge in [-0.15, -0.1) is 0 Å². The van der Waals surface area contributed by atoms with Crippen molar-refractivity contribution >= 4 is 23.6 Å². The normalized spacial score (nSPS) is 15.0. The second-order valence-electron chi connectivity index (χ2n) is 4.29. The molecular weight excluding hydrogens is 262 g/mol. The summed E-state index contributed by atoms with van der Waals surface area (Å²) in [5.74, 6) is -2.81. The van der Waals surface area contributed by atoms with Crippen LogP contribution < -0.4 is 0 Å². The molecule has 6 nitrogen and oxygen atoms in total. The van der Waals surface area contributed by atoms with Gasteiger partial charge in [-0.05, 0) is 26.0 Å². The Hall–Kier alpha value is -2.50. The van der Waals surface area contributed by atoms with Crippen LogP contribution in [0.2, 0.25) is 0 Å². The number of fused-ring (bicyclic) bond motifs is 1. The highest BCUT2D eigenvalue weighted by Gasteiger charge is 2.45. The lowest BCUT2D eigenvalue weighted by Crippen LogP contribution is -2.49. The second kappa shape index (κ2) is 5.24. The molecule has 1 heterocycles. The Bertz CT molecular complexity index is 572. The van der Waals surface area contributed by atoms with Crippen molar-refractivity contribution in [2.45, 2.75) is 19.9 Å². The molecule has 1 atom stereocenters. The third-order valence-corrected chi connectivity index (χ3v) is 2.98. The SMILES string of the molecule is CCOC(=O)[C@@H](C(C)=O)N1C(=O)c2ccccc2C1=O. The van der Waals surface area contributed by atoms with E-state index in [1.54, 1.807) is 19.1 Å². The zero-order valence-corrected chi connectivity index (χ0v) is 11.1. The average molecular weight is 275 g/mol. The summed E-state index contributed by atoms with van der Waals surface area (Å²) in [7, 11) is 0. The summed E-state index contributed by atoms with van der Waals surface area (Å²) in [5.41, 5.74) is 0.376. The fourth-order valence-corrected chi connectivity index (χ4v) is 2.12. The molecule has 0 saturated heterocycles. The van der Waals surface area contributed by atoms with E-state index in [0.29, 0.717) is 4.90 Å². The van der Waals surface area contributed by atoms with Crippen LogP contribution in [0.5, 0.6) is 0 Å². The zero-order chi connectivity index (χ0) is 14.9. The van der Waals surface area contributed by atoms with E-state index in [2.05, 4.69) is 0 Å². The largest absolute Gasteiger partial charge is 0.464 e. The number of benzene rings is 1. The quantitative estimate of drug-likeness (QED) is 0.461. The molecule has 1 aromatic carbocycles. The van der Waals surface area contributed by atoms with Crippen molar-refractivity contribution in [2.75, 3.05) is 6.61 Å². The van der Waals surface area contributed by atoms with Crippen molar-refractivity contribution < 1.29 is 23.9 Å². The number of esters is 1. The Kier molecular flexibility index (Phi) is 3.65. The molecule has 0 N–H and O–H groups in total. The van der Waals surface area contributed by atoms with Gasteiger partial charge in [0.05, 0.1) is 17.7 Å². The lowest BCUT2D eigenvalue weighted by Gasteiger charge is -2.21. The maximum Gasteiger partial charge on any atom is 0.337 e. The smallest absolute Gasteiger partial charge is 0.337 e. The van der Waals surface area contributed by atoms with E-state index in [1.807, 2.05) is 0 Å². The molecule has 0 bridgehead atoms. The number of hydrogen-bond acceptors (Lipinski definition) is 5. The molecule has 0 aliphatic carbocycles. The van der Waals surface area contributed by atoms with Crippen molar-refractivity contribution in [3.05, 3.63) is 35.4 Å². The van der Waals surface area contributed by atoms with Crippen LogP contribution in [-0.2, 0) is 14.3 Å². The number of imide groups is 1. The van der Waals surface area contributed by atoms with Gasteiger partial charge in [0.15, 0.2) is 11.8 Å². The van der Waals surface area contributed by atoms with Gasteiger partial charge in [-0.2, -0.15) is 0 Å². The molecule has 2 amide bonds. The summed E-state index contributed by atoms with van der Waals surface area (Å²) < 4.78 is 4.77. The number of Topliss-reactive ketones (excluding diaryl/α,β-unsaturated/α-hetero) is 1. The molecule has 0 spiro atoms. The molecule has 2 rings (SSSR count). The number of carbonyl (C=O) groups is 4. The van der Waals surface area contributed by atoms with Gasteiger partial charge in [0.25, 0.3) is 11.8 Å². The molecule has 0 radical (unpaired) electrons. The summed E-state index contributed by atoms with van der Waals surface area (Å²) >= 11 is 0. The maximum atomic E-state index is 12.2. The summed E-state index contributed by atoms with van der Waals surface area (Å²) in [6.07, 6.45) is 0. The number of ketones is 1. The Labute approximate surface area is 115 Å². The summed E-state index contributed by atoms with van der Waals surface area (Å²) in [6, 6.07) is 4.67. The van der Waals surface area contributed by atoms with Gasteiger partial charge >= 0.3 is 5.97 Å². The third-order valence-electron chi connectivity index (χ3n) is 2.98. The van der Waals surface area contributed by atoms with E-state index in [0.717, 1.165) is 6.92 Å². The first-order valence-corrected chi connectivity index (χ1v) is 6.13. The Balaban J connectivity index is 2.42. The molecule has 1 aliphatic heterocycles. The van der Waals surface area contributed by atoms with E-state index >= 15 is 0 Å². The average Bonchev–Trinajstić information content (AvgIpc) is 2.65. The van der Waals surface area contributed by atoms with Gasteiger partial charge in [-0.3, -0.25) is 19.3 Å². The van der Waals surface area contributed by atoms with E-state index < -0.39 is 29.6 Å². The third kappa shape index (κ3) is 2.09. The van der Waals surface area contributed by atoms with Crippen molar-refractivity contribution in [3.63, 3.8) is 0 Å². The van der Waals surface area contributed by atoms with Crippen molar-refractivity contribution in [3.8, 4) is 0 Å². The predicted octanol–water partition coefficient (Wildman–Crippen LogP) is 0.803. The zero-order valence-electron chi connectivity index (χ0n) is 11.1. The lowest BCUT2D eigenvalue weighted by molar-refractivity contribution is -0.150. The number of ether oxygens (including phenoxy) is 1. The number of amides is 2. The van der Waals surface area contributed by atoms with E-state index in [9.17, 15) is 19.2 Å². The molecule has 0 fully saturated rings. The lowest BCUT2D eigenvalue weighted by atomic mass is 10.1. The molecule has 6 heteroatoms. The molecule has 0 unspecified atom stereocenters. The van der Waals surface area contributed by atoms with Gasteiger partial charge in [0, 0.05) is 0 Å². The van der Waals surface area contributed by atoms with Crippen molar-refractivity contribution in [1.29, 1.82) is 0 Å². The first kappa shape index (κ1) is 13.9. The Morgan fingerprint density at radius 2 is 1.65 bits per heavy atom. The van der Waals surface area contributed by atoms with Crippen LogP contribution in [-0.4, -0.2) is 41.1 Å². The van der Waals surface area contributed by atoms with E-state index in [1.165, 1.54) is 12.1 Å². The molecule has 0 saturated carbocycles. The Morgan fingerprint density at radius 1 is 1.15 bits per heavy atom. The van der Waals surface area contributed by atoms with Crippen molar-refractivity contribution in [1.82, 2.24) is 4.90 Å². The number of nitrogens with zero attached hydrogens (tertiary/aromatic N) is 1. The highest BCUT2D eigenvalue weighted by atomic mass is 16.5. The summed E-state index contributed by atoms with van der Waals surface area (Å²) in [6.45, 7) is 2.79. The van der Waals surface area contributed by atoms with Crippen LogP contribution in [0.15, 0.2) is 24.3 Å². The van der Waals surface area contributed by atoms with E-state index in [4.69, 9.17) is 4.74 Å². The Morgan fingerprint density at radius 3 is 2.05 bits per heavy atom. The molecule has 1 aliphatic rings. The molecule has 20 heavy (non-hydrogen) atoms. The minimum Gasteiger partial charge on any atom is -0.464 e. The van der Waals surface area contributed by atoms with Crippen LogP contribution in [0, 0.1) is 0 Å². The molecule has 104 valence electrons. The predicted molar refractivity (Wildman–Crippen MR) is 68.0 cm³/mol. The van der Waals surface area contributed by atoms with Crippen LogP contribution in [0.25, 0.3) is 0 Å². The van der Waals surface area contributed by atoms with Crippen LogP contribution >= 0.6 is 0 Å². The first-order valence-electron chi connectivity index (χ1n) is 6.13. The van der Waals surface area contributed by atoms with Gasteiger partial charge in [0.2, 0.25) is 0 Å². The molecule has 0 aromatic heterocycles. The topological polar surface area (TPSA) is 80.8 Å². The number of hydrogen-bond donors (Lipinski definition) is 0. The summed E-state index contributed by atoms with van der Waals surface area (Å²) in [5, 5.41) is 0. The second-order valence-corrected chi connectivity index (χ2v) is 4.29. The van der Waals surface area contributed by atoms with Crippen molar-refractivity contribution in [2.24, 2.45) is 0 Å². The highest BCUT2D eigenvalue weighted by molar-refractivity contribution is 6.25. The fourth-order valence-electron chi connectivity index (χ4n) is 2.12. The fraction of sp³-hybridized carbons (Fsp3) is 0.286. The molecule has 1 aromatic rings. The van der Waals surface area contributed by atoms with Gasteiger partial charge in [-0.25, -0.2) is 4.79 Å². The standard InChI is InChI=1S/C14H13NO5/c1-3-20-14(19)11(8(2)16)15-12(17)9-6-4-5-7-10(9)13(15)18/h4-7,11H,3H2,1-2H3/t11-/m1/s1. The van der Waals surface area contributed by atoms with Gasteiger partial charge in [0.1, 0.15) is 0 Å². The van der Waals surface area contributed by atoms with E-state index in [-0.39, 0.29) is 17.7 Å².